The van der Waals surface area contributed by atoms with Crippen molar-refractivity contribution in [1.82, 2.24) is 9.88 Å². The topological polar surface area (TPSA) is 51.7 Å². The van der Waals surface area contributed by atoms with Crippen LogP contribution in [0.3, 0.4) is 0 Å². The molecule has 132 valence electrons. The van der Waals surface area contributed by atoms with Crippen LogP contribution >= 0.6 is 11.3 Å². The molecule has 0 radical (unpaired) electrons. The molecule has 2 fully saturated rings. The third-order valence-electron chi connectivity index (χ3n) is 4.99. The molecule has 1 amide bonds. The summed E-state index contributed by atoms with van der Waals surface area (Å²) >= 11 is 1.63. The van der Waals surface area contributed by atoms with E-state index in [1.807, 2.05) is 39.9 Å². The molecule has 1 aliphatic carbocycles. The van der Waals surface area contributed by atoms with E-state index in [9.17, 15) is 4.79 Å². The smallest absolute Gasteiger partial charge is 0.227 e. The van der Waals surface area contributed by atoms with Gasteiger partial charge in [0.1, 0.15) is 0 Å². The molecule has 4 rings (SSSR count). The Hall–Kier alpha value is -1.92. The molecule has 2 aromatic rings. The first-order chi connectivity index (χ1) is 12.3. The van der Waals surface area contributed by atoms with Crippen molar-refractivity contribution in [3.05, 3.63) is 46.8 Å². The van der Waals surface area contributed by atoms with E-state index in [1.165, 1.54) is 0 Å². The van der Waals surface area contributed by atoms with Crippen LogP contribution < -0.4 is 4.74 Å². The van der Waals surface area contributed by atoms with Crippen molar-refractivity contribution in [2.24, 2.45) is 5.92 Å². The third-order valence-corrected chi connectivity index (χ3v) is 5.73. The second-order valence-corrected chi connectivity index (χ2v) is 7.47. The van der Waals surface area contributed by atoms with E-state index in [-0.39, 0.29) is 18.1 Å². The number of aromatic nitrogens is 1. The summed E-state index contributed by atoms with van der Waals surface area (Å²) in [5, 5.41) is 4.07. The number of rotatable bonds is 5. The second kappa shape index (κ2) is 7.54. The second-order valence-electron chi connectivity index (χ2n) is 6.69. The van der Waals surface area contributed by atoms with Crippen molar-refractivity contribution < 1.29 is 14.3 Å². The molecule has 3 heterocycles. The van der Waals surface area contributed by atoms with E-state index in [0.29, 0.717) is 38.0 Å². The van der Waals surface area contributed by atoms with Crippen LogP contribution in [0.4, 0.5) is 0 Å². The molecule has 0 bridgehead atoms. The van der Waals surface area contributed by atoms with E-state index in [2.05, 4.69) is 4.98 Å². The van der Waals surface area contributed by atoms with Gasteiger partial charge in [-0.05, 0) is 47.2 Å². The third kappa shape index (κ3) is 3.85. The lowest BCUT2D eigenvalue weighted by atomic mass is 10.1. The van der Waals surface area contributed by atoms with Gasteiger partial charge in [-0.3, -0.25) is 4.79 Å². The van der Waals surface area contributed by atoms with Crippen LogP contribution in [0.1, 0.15) is 18.4 Å². The normalized spacial score (nSPS) is 25.6. The van der Waals surface area contributed by atoms with E-state index in [4.69, 9.17) is 9.47 Å². The van der Waals surface area contributed by atoms with Gasteiger partial charge >= 0.3 is 0 Å². The van der Waals surface area contributed by atoms with E-state index in [1.54, 1.807) is 17.5 Å². The molecule has 0 spiro atoms. The highest BCUT2D eigenvalue weighted by molar-refractivity contribution is 7.08. The van der Waals surface area contributed by atoms with Crippen molar-refractivity contribution >= 4 is 17.2 Å². The number of pyridine rings is 1. The highest BCUT2D eigenvalue weighted by Gasteiger charge is 2.42. The first kappa shape index (κ1) is 16.5. The Labute approximate surface area is 151 Å². The van der Waals surface area contributed by atoms with Crippen LogP contribution in [0.2, 0.25) is 0 Å². The molecule has 6 heteroatoms. The largest absolute Gasteiger partial charge is 0.477 e. The SMILES string of the molecule is O=C(Cc1ccsc1)N1CCOC2CC(COc3ccccn3)CC21. The molecule has 25 heavy (non-hydrogen) atoms. The van der Waals surface area contributed by atoms with Crippen LogP contribution in [0.15, 0.2) is 41.2 Å². The van der Waals surface area contributed by atoms with Gasteiger partial charge in [0.15, 0.2) is 0 Å². The minimum atomic E-state index is 0.137. The fraction of sp³-hybridized carbons (Fsp3) is 0.474. The van der Waals surface area contributed by atoms with Crippen LogP contribution in [0.5, 0.6) is 5.88 Å². The van der Waals surface area contributed by atoms with Gasteiger partial charge in [0, 0.05) is 18.8 Å². The lowest BCUT2D eigenvalue weighted by Crippen LogP contribution is -2.51. The molecular formula is C19H22N2O3S. The summed E-state index contributed by atoms with van der Waals surface area (Å²) in [5.41, 5.74) is 1.10. The minimum absolute atomic E-state index is 0.137. The number of morpholine rings is 1. The number of nitrogens with zero attached hydrogens (tertiary/aromatic N) is 2. The quantitative estimate of drug-likeness (QED) is 0.825. The highest BCUT2D eigenvalue weighted by Crippen LogP contribution is 2.35. The Kier molecular flexibility index (Phi) is 4.99. The zero-order chi connectivity index (χ0) is 17.1. The van der Waals surface area contributed by atoms with Gasteiger partial charge < -0.3 is 14.4 Å². The van der Waals surface area contributed by atoms with Gasteiger partial charge in [0.25, 0.3) is 0 Å². The number of amides is 1. The number of fused-ring (bicyclic) bond motifs is 1. The van der Waals surface area contributed by atoms with Crippen LogP contribution in [-0.4, -0.2) is 47.7 Å². The van der Waals surface area contributed by atoms with Gasteiger partial charge in [0.2, 0.25) is 11.8 Å². The predicted molar refractivity (Wildman–Crippen MR) is 95.7 cm³/mol. The molecule has 1 saturated heterocycles. The van der Waals surface area contributed by atoms with Crippen molar-refractivity contribution in [3.8, 4) is 5.88 Å². The summed E-state index contributed by atoms with van der Waals surface area (Å²) in [7, 11) is 0. The number of thiophene rings is 1. The summed E-state index contributed by atoms with van der Waals surface area (Å²) in [6.45, 7) is 1.95. The standard InChI is InChI=1S/C19H22N2O3S/c22-19(11-14-4-8-25-13-14)21-6-7-23-17-10-15(9-16(17)21)12-24-18-3-1-2-5-20-18/h1-5,8,13,15-17H,6-7,9-12H2. The van der Waals surface area contributed by atoms with Crippen LogP contribution in [0.25, 0.3) is 0 Å². The molecular weight excluding hydrogens is 336 g/mol. The molecule has 0 N–H and O–H groups in total. The van der Waals surface area contributed by atoms with Crippen molar-refractivity contribution in [1.29, 1.82) is 0 Å². The summed E-state index contributed by atoms with van der Waals surface area (Å²) in [6.07, 6.45) is 4.24. The summed E-state index contributed by atoms with van der Waals surface area (Å²) in [4.78, 5) is 19.0. The van der Waals surface area contributed by atoms with Gasteiger partial charge in [-0.15, -0.1) is 0 Å². The van der Waals surface area contributed by atoms with Crippen molar-refractivity contribution in [3.63, 3.8) is 0 Å². The molecule has 2 aliphatic rings. The zero-order valence-corrected chi connectivity index (χ0v) is 14.9. The van der Waals surface area contributed by atoms with E-state index in [0.717, 1.165) is 18.4 Å². The summed E-state index contributed by atoms with van der Waals surface area (Å²) in [6, 6.07) is 7.87. The Morgan fingerprint density at radius 3 is 3.12 bits per heavy atom. The number of hydrogen-bond donors (Lipinski definition) is 0. The molecule has 1 aliphatic heterocycles. The fourth-order valence-corrected chi connectivity index (χ4v) is 4.47. The van der Waals surface area contributed by atoms with Crippen LogP contribution in [-0.2, 0) is 16.0 Å². The van der Waals surface area contributed by atoms with Crippen molar-refractivity contribution in [2.45, 2.75) is 31.4 Å². The average Bonchev–Trinajstić information content (AvgIpc) is 3.29. The maximum Gasteiger partial charge on any atom is 0.227 e. The molecule has 2 aromatic heterocycles. The molecule has 3 unspecified atom stereocenters. The highest BCUT2D eigenvalue weighted by atomic mass is 32.1. The molecule has 3 atom stereocenters. The number of ether oxygens (including phenoxy) is 2. The lowest BCUT2D eigenvalue weighted by Gasteiger charge is -2.37. The monoisotopic (exact) mass is 358 g/mol. The molecule has 5 nitrogen and oxygen atoms in total. The number of carbonyl (C=O) groups excluding carboxylic acids is 1. The zero-order valence-electron chi connectivity index (χ0n) is 14.0. The first-order valence-corrected chi connectivity index (χ1v) is 9.70. The maximum atomic E-state index is 12.7. The van der Waals surface area contributed by atoms with E-state index < -0.39 is 0 Å². The summed E-state index contributed by atoms with van der Waals surface area (Å²) < 4.78 is 11.7. The van der Waals surface area contributed by atoms with Gasteiger partial charge in [0.05, 0.1) is 31.8 Å². The Morgan fingerprint density at radius 2 is 2.32 bits per heavy atom. The maximum absolute atomic E-state index is 12.7. The average molecular weight is 358 g/mol. The first-order valence-electron chi connectivity index (χ1n) is 8.75. The van der Waals surface area contributed by atoms with Crippen molar-refractivity contribution in [2.75, 3.05) is 19.8 Å². The van der Waals surface area contributed by atoms with Gasteiger partial charge in [-0.25, -0.2) is 4.98 Å². The number of hydrogen-bond acceptors (Lipinski definition) is 5. The Morgan fingerprint density at radius 1 is 1.36 bits per heavy atom. The molecule has 1 saturated carbocycles. The minimum Gasteiger partial charge on any atom is -0.477 e. The number of carbonyl (C=O) groups is 1. The van der Waals surface area contributed by atoms with E-state index >= 15 is 0 Å². The Balaban J connectivity index is 1.35. The Bertz CT molecular complexity index is 692. The molecule has 0 aromatic carbocycles. The lowest BCUT2D eigenvalue weighted by molar-refractivity contribution is -0.143. The van der Waals surface area contributed by atoms with Gasteiger partial charge in [-0.1, -0.05) is 6.07 Å². The fourth-order valence-electron chi connectivity index (χ4n) is 3.80. The predicted octanol–water partition coefficient (Wildman–Crippen LogP) is 2.77. The summed E-state index contributed by atoms with van der Waals surface area (Å²) in [5.74, 6) is 1.26. The van der Waals surface area contributed by atoms with Crippen LogP contribution in [0, 0.1) is 5.92 Å². The van der Waals surface area contributed by atoms with Gasteiger partial charge in [-0.2, -0.15) is 11.3 Å².